The molecule has 1 aromatic rings. The number of carboxylic acid groups (broad SMARTS) is 1. The largest absolute Gasteiger partial charge is 0.478 e. The van der Waals surface area contributed by atoms with E-state index in [2.05, 4.69) is 17.2 Å². The number of urea groups is 1. The average Bonchev–Trinajstić information content (AvgIpc) is 2.42. The van der Waals surface area contributed by atoms with Gasteiger partial charge in [0.15, 0.2) is 0 Å². The summed E-state index contributed by atoms with van der Waals surface area (Å²) in [6, 6.07) is 6.01. The molecule has 2 N–H and O–H groups in total. The number of benzene rings is 1. The van der Waals surface area contributed by atoms with Crippen LogP contribution in [-0.4, -0.2) is 30.7 Å². The van der Waals surface area contributed by atoms with Crippen molar-refractivity contribution in [1.29, 1.82) is 0 Å². The highest BCUT2D eigenvalue weighted by molar-refractivity contribution is 6.01. The molecule has 2 amide bonds. The summed E-state index contributed by atoms with van der Waals surface area (Å²) in [4.78, 5) is 24.2. The van der Waals surface area contributed by atoms with Gasteiger partial charge in [-0.3, -0.25) is 4.90 Å². The Labute approximate surface area is 112 Å². The first kappa shape index (κ1) is 14.6. The number of carbonyl (C=O) groups is 2. The van der Waals surface area contributed by atoms with E-state index in [4.69, 9.17) is 5.11 Å². The number of hydrogen-bond donors (Lipinski definition) is 2. The van der Waals surface area contributed by atoms with Crippen LogP contribution < -0.4 is 10.2 Å². The second kappa shape index (κ2) is 7.07. The zero-order chi connectivity index (χ0) is 14.3. The molecule has 5 nitrogen and oxygen atoms in total. The number of carboxylic acids is 1. The maximum absolute atomic E-state index is 11.9. The Kier molecular flexibility index (Phi) is 5.42. The van der Waals surface area contributed by atoms with Crippen LogP contribution >= 0.6 is 0 Å². The minimum atomic E-state index is -1.06. The topological polar surface area (TPSA) is 69.6 Å². The normalized spacial score (nSPS) is 9.16. The Hall–Kier alpha value is -2.48. The zero-order valence-corrected chi connectivity index (χ0v) is 10.9. The lowest BCUT2D eigenvalue weighted by molar-refractivity contribution is 0.0697. The number of carbonyl (C=O) groups excluding carboxylic acids is 1. The van der Waals surface area contributed by atoms with Gasteiger partial charge in [-0.1, -0.05) is 12.1 Å². The lowest BCUT2D eigenvalue weighted by atomic mass is 10.1. The van der Waals surface area contributed by atoms with Gasteiger partial charge in [-0.05, 0) is 19.1 Å². The number of aromatic carboxylic acids is 1. The van der Waals surface area contributed by atoms with E-state index in [1.807, 2.05) is 0 Å². The summed E-state index contributed by atoms with van der Waals surface area (Å²) in [6.45, 7) is 2.16. The molecule has 0 aliphatic rings. The molecule has 5 heteroatoms. The van der Waals surface area contributed by atoms with Gasteiger partial charge < -0.3 is 10.4 Å². The fourth-order valence-electron chi connectivity index (χ4n) is 1.53. The molecule has 0 aliphatic heterocycles. The van der Waals surface area contributed by atoms with Crippen molar-refractivity contribution in [2.45, 2.75) is 13.3 Å². The maximum atomic E-state index is 11.9. The molecule has 0 aromatic heterocycles. The summed E-state index contributed by atoms with van der Waals surface area (Å²) in [5, 5.41) is 11.7. The molecular weight excluding hydrogens is 244 g/mol. The minimum Gasteiger partial charge on any atom is -0.478 e. The van der Waals surface area contributed by atoms with Crippen LogP contribution in [0.5, 0.6) is 0 Å². The first-order valence-corrected chi connectivity index (χ1v) is 5.81. The molecule has 0 heterocycles. The second-order valence-electron chi connectivity index (χ2n) is 3.79. The number of nitrogens with one attached hydrogen (secondary N) is 1. The Morgan fingerprint density at radius 1 is 1.37 bits per heavy atom. The summed E-state index contributed by atoms with van der Waals surface area (Å²) in [5.41, 5.74) is 0.447. The first-order valence-electron chi connectivity index (χ1n) is 5.81. The molecule has 0 saturated heterocycles. The summed E-state index contributed by atoms with van der Waals surface area (Å²) < 4.78 is 0. The second-order valence-corrected chi connectivity index (χ2v) is 3.79. The summed E-state index contributed by atoms with van der Waals surface area (Å²) in [6.07, 6.45) is 0.566. The van der Waals surface area contributed by atoms with Crippen molar-refractivity contribution in [3.8, 4) is 11.8 Å². The smallest absolute Gasteiger partial charge is 0.337 e. The van der Waals surface area contributed by atoms with Gasteiger partial charge in [-0.15, -0.1) is 11.8 Å². The van der Waals surface area contributed by atoms with Gasteiger partial charge >= 0.3 is 12.0 Å². The molecule has 0 atom stereocenters. The number of rotatable bonds is 4. The highest BCUT2D eigenvalue weighted by Gasteiger charge is 2.16. The standard InChI is InChI=1S/C14H16N2O3/c1-3-4-7-10-15-14(19)16(2)12-9-6-5-8-11(12)13(17)18/h5-6,8-9H,7,10H2,1-2H3,(H,15,19)(H,17,18). The van der Waals surface area contributed by atoms with Gasteiger partial charge in [0.2, 0.25) is 0 Å². The van der Waals surface area contributed by atoms with Crippen molar-refractivity contribution in [3.05, 3.63) is 29.8 Å². The minimum absolute atomic E-state index is 0.0912. The van der Waals surface area contributed by atoms with Crippen molar-refractivity contribution < 1.29 is 14.7 Å². The van der Waals surface area contributed by atoms with Gasteiger partial charge in [0, 0.05) is 20.0 Å². The SMILES string of the molecule is CC#CCCNC(=O)N(C)c1ccccc1C(=O)O. The van der Waals surface area contributed by atoms with E-state index in [0.717, 1.165) is 0 Å². The molecule has 19 heavy (non-hydrogen) atoms. The van der Waals surface area contributed by atoms with Crippen molar-refractivity contribution in [2.75, 3.05) is 18.5 Å². The van der Waals surface area contributed by atoms with Crippen LogP contribution in [0.2, 0.25) is 0 Å². The number of nitrogens with zero attached hydrogens (tertiary/aromatic N) is 1. The lowest BCUT2D eigenvalue weighted by Crippen LogP contribution is -2.38. The van der Waals surface area contributed by atoms with E-state index in [-0.39, 0.29) is 11.6 Å². The third-order valence-electron chi connectivity index (χ3n) is 2.50. The highest BCUT2D eigenvalue weighted by Crippen LogP contribution is 2.18. The Balaban J connectivity index is 2.76. The fourth-order valence-corrected chi connectivity index (χ4v) is 1.53. The van der Waals surface area contributed by atoms with Gasteiger partial charge in [0.25, 0.3) is 0 Å². The number of para-hydroxylation sites is 1. The predicted octanol–water partition coefficient (Wildman–Crippen LogP) is 1.94. The molecule has 0 bridgehead atoms. The van der Waals surface area contributed by atoms with Gasteiger partial charge in [-0.25, -0.2) is 9.59 Å². The molecule has 0 radical (unpaired) electrons. The van der Waals surface area contributed by atoms with E-state index in [9.17, 15) is 9.59 Å². The van der Waals surface area contributed by atoms with Crippen LogP contribution in [0.15, 0.2) is 24.3 Å². The Morgan fingerprint density at radius 2 is 2.05 bits per heavy atom. The van der Waals surface area contributed by atoms with Crippen molar-refractivity contribution >= 4 is 17.7 Å². The van der Waals surface area contributed by atoms with Crippen LogP contribution in [0, 0.1) is 11.8 Å². The summed E-state index contributed by atoms with van der Waals surface area (Å²) in [5.74, 6) is 4.51. The number of amides is 2. The van der Waals surface area contributed by atoms with E-state index >= 15 is 0 Å². The monoisotopic (exact) mass is 260 g/mol. The molecule has 100 valence electrons. The number of hydrogen-bond acceptors (Lipinski definition) is 2. The van der Waals surface area contributed by atoms with E-state index in [1.165, 1.54) is 18.0 Å². The van der Waals surface area contributed by atoms with Crippen LogP contribution in [0.3, 0.4) is 0 Å². The van der Waals surface area contributed by atoms with Crippen molar-refractivity contribution in [2.24, 2.45) is 0 Å². The maximum Gasteiger partial charge on any atom is 0.337 e. The quantitative estimate of drug-likeness (QED) is 0.642. The van der Waals surface area contributed by atoms with Gasteiger partial charge in [-0.2, -0.15) is 0 Å². The Morgan fingerprint density at radius 3 is 2.68 bits per heavy atom. The molecule has 0 aliphatic carbocycles. The Bertz CT molecular complexity index is 529. The molecule has 0 saturated carbocycles. The number of anilines is 1. The van der Waals surface area contributed by atoms with Crippen LogP contribution in [0.4, 0.5) is 10.5 Å². The van der Waals surface area contributed by atoms with Crippen LogP contribution in [0.25, 0.3) is 0 Å². The van der Waals surface area contributed by atoms with Crippen LogP contribution in [-0.2, 0) is 0 Å². The van der Waals surface area contributed by atoms with Crippen molar-refractivity contribution in [1.82, 2.24) is 5.32 Å². The average molecular weight is 260 g/mol. The molecule has 0 fully saturated rings. The summed E-state index contributed by atoms with van der Waals surface area (Å²) in [7, 11) is 1.53. The first-order chi connectivity index (χ1) is 9.07. The predicted molar refractivity (Wildman–Crippen MR) is 73.3 cm³/mol. The molecule has 1 aromatic carbocycles. The van der Waals surface area contributed by atoms with E-state index in [1.54, 1.807) is 25.1 Å². The molecular formula is C14H16N2O3. The lowest BCUT2D eigenvalue weighted by Gasteiger charge is -2.19. The zero-order valence-electron chi connectivity index (χ0n) is 10.9. The molecule has 1 rings (SSSR count). The fraction of sp³-hybridized carbons (Fsp3) is 0.286. The van der Waals surface area contributed by atoms with Gasteiger partial charge in [0.05, 0.1) is 11.3 Å². The van der Waals surface area contributed by atoms with E-state index in [0.29, 0.717) is 18.7 Å². The van der Waals surface area contributed by atoms with Crippen molar-refractivity contribution in [3.63, 3.8) is 0 Å². The van der Waals surface area contributed by atoms with E-state index < -0.39 is 5.97 Å². The highest BCUT2D eigenvalue weighted by atomic mass is 16.4. The summed E-state index contributed by atoms with van der Waals surface area (Å²) >= 11 is 0. The third kappa shape index (κ3) is 4.03. The third-order valence-corrected chi connectivity index (χ3v) is 2.50. The molecule has 0 unspecified atom stereocenters. The molecule has 0 spiro atoms. The van der Waals surface area contributed by atoms with Crippen LogP contribution in [0.1, 0.15) is 23.7 Å². The van der Waals surface area contributed by atoms with Gasteiger partial charge in [0.1, 0.15) is 0 Å².